The van der Waals surface area contributed by atoms with Crippen molar-refractivity contribution in [2.75, 3.05) is 14.2 Å². The van der Waals surface area contributed by atoms with Crippen LogP contribution in [0.15, 0.2) is 6.20 Å². The molecule has 1 rings (SSSR count). The van der Waals surface area contributed by atoms with Gasteiger partial charge in [0.15, 0.2) is 5.75 Å². The fraction of sp³-hybridized carbons (Fsp3) is 0.786. The molecular weight excluding hydrogens is 226 g/mol. The summed E-state index contributed by atoms with van der Waals surface area (Å²) in [7, 11) is 3.72. The average molecular weight is 253 g/mol. The molecule has 1 unspecified atom stereocenters. The highest BCUT2D eigenvalue weighted by Gasteiger charge is 2.33. The van der Waals surface area contributed by atoms with Crippen LogP contribution in [0.5, 0.6) is 5.75 Å². The summed E-state index contributed by atoms with van der Waals surface area (Å²) in [4.78, 5) is 0. The fourth-order valence-electron chi connectivity index (χ4n) is 2.32. The third kappa shape index (κ3) is 2.86. The van der Waals surface area contributed by atoms with Crippen molar-refractivity contribution < 1.29 is 4.74 Å². The number of hydrogen-bond donors (Lipinski definition) is 1. The summed E-state index contributed by atoms with van der Waals surface area (Å²) >= 11 is 0. The van der Waals surface area contributed by atoms with Crippen LogP contribution in [0, 0.1) is 5.41 Å². The first-order valence-electron chi connectivity index (χ1n) is 6.78. The Morgan fingerprint density at radius 3 is 2.56 bits per heavy atom. The zero-order valence-electron chi connectivity index (χ0n) is 12.6. The van der Waals surface area contributed by atoms with Crippen molar-refractivity contribution in [2.24, 2.45) is 5.41 Å². The van der Waals surface area contributed by atoms with Gasteiger partial charge < -0.3 is 10.1 Å². The monoisotopic (exact) mass is 253 g/mol. The Morgan fingerprint density at radius 2 is 2.11 bits per heavy atom. The number of nitrogens with zero attached hydrogens (tertiary/aromatic N) is 2. The Balaban J connectivity index is 3.21. The van der Waals surface area contributed by atoms with E-state index in [-0.39, 0.29) is 11.5 Å². The topological polar surface area (TPSA) is 39.1 Å². The van der Waals surface area contributed by atoms with Gasteiger partial charge in [0.05, 0.1) is 25.0 Å². The van der Waals surface area contributed by atoms with Crippen LogP contribution in [0.2, 0.25) is 0 Å². The molecule has 0 fully saturated rings. The molecule has 0 spiro atoms. The molecule has 4 heteroatoms. The molecule has 18 heavy (non-hydrogen) atoms. The summed E-state index contributed by atoms with van der Waals surface area (Å²) in [6, 6.07) is 0.242. The molecule has 1 N–H and O–H groups in total. The third-order valence-electron chi connectivity index (χ3n) is 3.76. The first-order valence-corrected chi connectivity index (χ1v) is 6.78. The highest BCUT2D eigenvalue weighted by molar-refractivity contribution is 5.29. The van der Waals surface area contributed by atoms with Crippen LogP contribution in [-0.2, 0) is 6.54 Å². The Bertz CT molecular complexity index is 371. The maximum Gasteiger partial charge on any atom is 0.161 e. The van der Waals surface area contributed by atoms with Crippen LogP contribution >= 0.6 is 0 Å². The molecule has 0 aliphatic carbocycles. The van der Waals surface area contributed by atoms with Crippen LogP contribution in [0.3, 0.4) is 0 Å². The van der Waals surface area contributed by atoms with Crippen LogP contribution < -0.4 is 10.1 Å². The first-order chi connectivity index (χ1) is 8.51. The summed E-state index contributed by atoms with van der Waals surface area (Å²) in [5, 5.41) is 7.87. The van der Waals surface area contributed by atoms with Crippen LogP contribution in [-0.4, -0.2) is 23.9 Å². The molecule has 0 amide bonds. The van der Waals surface area contributed by atoms with Gasteiger partial charge in [-0.05, 0) is 25.3 Å². The predicted octanol–water partition coefficient (Wildman–Crippen LogP) is 3.00. The lowest BCUT2D eigenvalue weighted by Gasteiger charge is -2.34. The number of hydrogen-bond acceptors (Lipinski definition) is 3. The highest BCUT2D eigenvalue weighted by atomic mass is 16.5. The first kappa shape index (κ1) is 15.0. The van der Waals surface area contributed by atoms with Gasteiger partial charge in [-0.2, -0.15) is 5.10 Å². The molecule has 0 saturated heterocycles. The molecule has 104 valence electrons. The molecule has 0 aliphatic rings. The summed E-state index contributed by atoms with van der Waals surface area (Å²) in [6.45, 7) is 9.86. The van der Waals surface area contributed by atoms with Gasteiger partial charge in [0, 0.05) is 6.54 Å². The molecule has 0 aromatic carbocycles. The standard InChI is InChI=1S/C14H27N3O/c1-7-9-17-12(11(18-6)10-16-17)13(15-5)14(3,4)8-2/h10,13,15H,7-9H2,1-6H3. The van der Waals surface area contributed by atoms with Gasteiger partial charge in [-0.3, -0.25) is 4.68 Å². The van der Waals surface area contributed by atoms with Crippen molar-refractivity contribution in [3.63, 3.8) is 0 Å². The number of nitrogens with one attached hydrogen (secondary N) is 1. The lowest BCUT2D eigenvalue weighted by molar-refractivity contribution is 0.227. The molecule has 4 nitrogen and oxygen atoms in total. The van der Waals surface area contributed by atoms with Crippen molar-refractivity contribution in [3.05, 3.63) is 11.9 Å². The summed E-state index contributed by atoms with van der Waals surface area (Å²) in [5.41, 5.74) is 1.32. The van der Waals surface area contributed by atoms with E-state index in [1.54, 1.807) is 7.11 Å². The third-order valence-corrected chi connectivity index (χ3v) is 3.76. The van der Waals surface area contributed by atoms with E-state index in [9.17, 15) is 0 Å². The Labute approximate surface area is 111 Å². The molecule has 0 saturated carbocycles. The lowest BCUT2D eigenvalue weighted by atomic mass is 9.80. The second kappa shape index (κ2) is 6.23. The van der Waals surface area contributed by atoms with Gasteiger partial charge in [0.2, 0.25) is 0 Å². The smallest absolute Gasteiger partial charge is 0.161 e. The summed E-state index contributed by atoms with van der Waals surface area (Å²) in [5.74, 6) is 0.879. The highest BCUT2D eigenvalue weighted by Crippen LogP contribution is 2.39. The molecule has 1 aromatic rings. The van der Waals surface area contributed by atoms with E-state index in [4.69, 9.17) is 4.74 Å². The maximum atomic E-state index is 5.47. The van der Waals surface area contributed by atoms with Gasteiger partial charge in [0.1, 0.15) is 0 Å². The van der Waals surface area contributed by atoms with Crippen molar-refractivity contribution in [2.45, 2.75) is 53.1 Å². The summed E-state index contributed by atoms with van der Waals surface area (Å²) < 4.78 is 7.54. The van der Waals surface area contributed by atoms with Gasteiger partial charge in [-0.1, -0.05) is 27.7 Å². The second-order valence-corrected chi connectivity index (χ2v) is 5.39. The van der Waals surface area contributed by atoms with Gasteiger partial charge in [-0.25, -0.2) is 0 Å². The van der Waals surface area contributed by atoms with Gasteiger partial charge in [-0.15, -0.1) is 0 Å². The second-order valence-electron chi connectivity index (χ2n) is 5.39. The molecule has 0 aliphatic heterocycles. The van der Waals surface area contributed by atoms with Gasteiger partial charge >= 0.3 is 0 Å². The summed E-state index contributed by atoms with van der Waals surface area (Å²) in [6.07, 6.45) is 3.99. The van der Waals surface area contributed by atoms with E-state index in [2.05, 4.69) is 42.8 Å². The van der Waals surface area contributed by atoms with Crippen LogP contribution in [0.25, 0.3) is 0 Å². The Hall–Kier alpha value is -1.03. The SMILES string of the molecule is CCCn1ncc(OC)c1C(NC)C(C)(C)CC. The van der Waals surface area contributed by atoms with E-state index in [0.29, 0.717) is 0 Å². The fourth-order valence-corrected chi connectivity index (χ4v) is 2.32. The van der Waals surface area contributed by atoms with Crippen molar-refractivity contribution in [3.8, 4) is 5.75 Å². The Kier molecular flexibility index (Phi) is 5.20. The van der Waals surface area contributed by atoms with Gasteiger partial charge in [0.25, 0.3) is 0 Å². The molecule has 0 radical (unpaired) electrons. The molecular formula is C14H27N3O. The number of rotatable bonds is 7. The van der Waals surface area contributed by atoms with E-state index in [1.807, 2.05) is 13.2 Å². The minimum absolute atomic E-state index is 0.160. The van der Waals surface area contributed by atoms with Crippen molar-refractivity contribution in [1.29, 1.82) is 0 Å². The minimum atomic E-state index is 0.160. The van der Waals surface area contributed by atoms with Crippen molar-refractivity contribution >= 4 is 0 Å². The zero-order chi connectivity index (χ0) is 13.8. The van der Waals surface area contributed by atoms with E-state index < -0.39 is 0 Å². The minimum Gasteiger partial charge on any atom is -0.493 e. The molecule has 1 atom stereocenters. The largest absolute Gasteiger partial charge is 0.493 e. The quantitative estimate of drug-likeness (QED) is 0.812. The normalized spacial score (nSPS) is 13.7. The maximum absolute atomic E-state index is 5.47. The zero-order valence-corrected chi connectivity index (χ0v) is 12.6. The number of aromatic nitrogens is 2. The predicted molar refractivity (Wildman–Crippen MR) is 74.9 cm³/mol. The van der Waals surface area contributed by atoms with E-state index in [1.165, 1.54) is 0 Å². The van der Waals surface area contributed by atoms with E-state index in [0.717, 1.165) is 30.8 Å². The average Bonchev–Trinajstić information content (AvgIpc) is 2.74. The Morgan fingerprint density at radius 1 is 1.44 bits per heavy atom. The number of aryl methyl sites for hydroxylation is 1. The molecule has 1 aromatic heterocycles. The van der Waals surface area contributed by atoms with Crippen LogP contribution in [0.4, 0.5) is 0 Å². The lowest BCUT2D eigenvalue weighted by Crippen LogP contribution is -2.33. The number of ether oxygens (including phenoxy) is 1. The van der Waals surface area contributed by atoms with Crippen LogP contribution in [0.1, 0.15) is 52.3 Å². The number of methoxy groups -OCH3 is 1. The molecule has 0 bridgehead atoms. The molecule has 1 heterocycles. The van der Waals surface area contributed by atoms with E-state index >= 15 is 0 Å². The van der Waals surface area contributed by atoms with Crippen molar-refractivity contribution in [1.82, 2.24) is 15.1 Å².